The van der Waals surface area contributed by atoms with Crippen molar-refractivity contribution in [1.29, 1.82) is 0 Å². The monoisotopic (exact) mass is 308 g/mol. The summed E-state index contributed by atoms with van der Waals surface area (Å²) in [4.78, 5) is 11.2. The topological polar surface area (TPSA) is 109 Å². The van der Waals surface area contributed by atoms with Crippen LogP contribution >= 0.6 is 0 Å². The minimum atomic E-state index is -1.31. The Labute approximate surface area is 125 Å². The van der Waals surface area contributed by atoms with Crippen molar-refractivity contribution in [2.24, 2.45) is 0 Å². The highest BCUT2D eigenvalue weighted by Crippen LogP contribution is 2.32. The molecule has 4 atom stereocenters. The van der Waals surface area contributed by atoms with Crippen molar-refractivity contribution in [3.8, 4) is 5.75 Å². The van der Waals surface area contributed by atoms with Crippen molar-refractivity contribution in [1.82, 2.24) is 0 Å². The van der Waals surface area contributed by atoms with Gasteiger partial charge in [0, 0.05) is 17.5 Å². The summed E-state index contributed by atoms with van der Waals surface area (Å²) >= 11 is 0. The first-order valence-corrected chi connectivity index (χ1v) is 6.78. The number of aliphatic hydroxyl groups excluding tert-OH is 3. The normalized spacial score (nSPS) is 31.5. The van der Waals surface area contributed by atoms with Gasteiger partial charge in [-0.25, -0.2) is 4.79 Å². The Kier molecular flexibility index (Phi) is 3.65. The van der Waals surface area contributed by atoms with Crippen LogP contribution in [0.5, 0.6) is 5.75 Å². The molecular formula is C15H16O7. The molecule has 0 bridgehead atoms. The van der Waals surface area contributed by atoms with E-state index in [0.717, 1.165) is 5.39 Å². The zero-order chi connectivity index (χ0) is 15.9. The second-order valence-electron chi connectivity index (χ2n) is 5.46. The Morgan fingerprint density at radius 1 is 1.27 bits per heavy atom. The molecule has 0 spiro atoms. The van der Waals surface area contributed by atoms with E-state index >= 15 is 0 Å². The molecule has 118 valence electrons. The van der Waals surface area contributed by atoms with Crippen LogP contribution in [0.1, 0.15) is 6.92 Å². The van der Waals surface area contributed by atoms with Crippen molar-refractivity contribution in [3.05, 3.63) is 40.8 Å². The average Bonchev–Trinajstić information content (AvgIpc) is 2.72. The summed E-state index contributed by atoms with van der Waals surface area (Å²) in [7, 11) is 0. The lowest BCUT2D eigenvalue weighted by atomic mass is 9.99. The van der Waals surface area contributed by atoms with Gasteiger partial charge in [-0.15, -0.1) is 0 Å². The van der Waals surface area contributed by atoms with E-state index in [2.05, 4.69) is 0 Å². The Balaban J connectivity index is 1.86. The molecule has 1 fully saturated rings. The fourth-order valence-electron chi connectivity index (χ4n) is 2.39. The highest BCUT2D eigenvalue weighted by molar-refractivity contribution is 5.77. The van der Waals surface area contributed by atoms with Crippen LogP contribution in [0.3, 0.4) is 0 Å². The number of benzene rings is 1. The molecule has 1 aliphatic heterocycles. The maximum Gasteiger partial charge on any atom is 0.336 e. The number of rotatable bonds is 3. The van der Waals surface area contributed by atoms with Gasteiger partial charge in [0.1, 0.15) is 29.1 Å². The maximum absolute atomic E-state index is 11.2. The van der Waals surface area contributed by atoms with Crippen molar-refractivity contribution < 1.29 is 29.2 Å². The van der Waals surface area contributed by atoms with Gasteiger partial charge in [0.2, 0.25) is 6.29 Å². The molecule has 2 heterocycles. The van der Waals surface area contributed by atoms with E-state index in [0.29, 0.717) is 11.3 Å². The first-order chi connectivity index (χ1) is 10.4. The fraction of sp³-hybridized carbons (Fsp3) is 0.400. The van der Waals surface area contributed by atoms with Gasteiger partial charge in [-0.1, -0.05) is 0 Å². The van der Waals surface area contributed by atoms with Crippen LogP contribution in [-0.4, -0.2) is 46.0 Å². The Morgan fingerprint density at radius 3 is 2.68 bits per heavy atom. The molecule has 0 radical (unpaired) electrons. The van der Waals surface area contributed by atoms with E-state index in [9.17, 15) is 20.1 Å². The minimum absolute atomic E-state index is 0.306. The van der Waals surface area contributed by atoms with Gasteiger partial charge in [0.15, 0.2) is 0 Å². The summed E-state index contributed by atoms with van der Waals surface area (Å²) in [6.45, 7) is 1.02. The summed E-state index contributed by atoms with van der Waals surface area (Å²) in [5.74, 6) is 0.306. The molecule has 22 heavy (non-hydrogen) atoms. The molecule has 1 aliphatic rings. The molecule has 3 N–H and O–H groups in total. The molecule has 1 aromatic carbocycles. The number of ether oxygens (including phenoxy) is 2. The molecule has 1 saturated heterocycles. The molecule has 7 nitrogen and oxygen atoms in total. The summed E-state index contributed by atoms with van der Waals surface area (Å²) < 4.78 is 15.9. The molecule has 0 aliphatic carbocycles. The van der Waals surface area contributed by atoms with Crippen LogP contribution in [0.15, 0.2) is 39.5 Å². The zero-order valence-corrected chi connectivity index (χ0v) is 11.8. The average molecular weight is 308 g/mol. The highest BCUT2D eigenvalue weighted by Gasteiger charge is 2.52. The summed E-state index contributed by atoms with van der Waals surface area (Å²) in [6, 6.07) is 7.75. The number of hydrogen-bond acceptors (Lipinski definition) is 7. The molecule has 7 heteroatoms. The SMILES string of the molecule is C[C@]1(CO)OC(Oc2ccc3ccc(=O)oc3c2)[C@@H](O)[C@@H]1O. The van der Waals surface area contributed by atoms with Gasteiger partial charge < -0.3 is 29.2 Å². The van der Waals surface area contributed by atoms with Crippen LogP contribution in [-0.2, 0) is 4.74 Å². The quantitative estimate of drug-likeness (QED) is 0.685. The molecule has 0 saturated carbocycles. The Hall–Kier alpha value is -1.93. The lowest BCUT2D eigenvalue weighted by Gasteiger charge is -2.24. The van der Waals surface area contributed by atoms with Gasteiger partial charge in [-0.2, -0.15) is 0 Å². The van der Waals surface area contributed by atoms with Crippen LogP contribution in [0, 0.1) is 0 Å². The first kappa shape index (κ1) is 15.0. The highest BCUT2D eigenvalue weighted by atomic mass is 16.7. The second-order valence-corrected chi connectivity index (χ2v) is 5.46. The van der Waals surface area contributed by atoms with Gasteiger partial charge in [0.25, 0.3) is 0 Å². The van der Waals surface area contributed by atoms with Crippen LogP contribution in [0.4, 0.5) is 0 Å². The third-order valence-electron chi connectivity index (χ3n) is 3.77. The van der Waals surface area contributed by atoms with Crippen molar-refractivity contribution >= 4 is 11.0 Å². The summed E-state index contributed by atoms with van der Waals surface area (Å²) in [6.07, 6.45) is -3.73. The van der Waals surface area contributed by atoms with Crippen LogP contribution < -0.4 is 10.4 Å². The van der Waals surface area contributed by atoms with E-state index < -0.39 is 36.3 Å². The van der Waals surface area contributed by atoms with E-state index in [1.165, 1.54) is 19.1 Å². The first-order valence-electron chi connectivity index (χ1n) is 6.78. The van der Waals surface area contributed by atoms with Gasteiger partial charge >= 0.3 is 5.63 Å². The number of fused-ring (bicyclic) bond motifs is 1. The largest absolute Gasteiger partial charge is 0.462 e. The lowest BCUT2D eigenvalue weighted by Crippen LogP contribution is -2.43. The van der Waals surface area contributed by atoms with E-state index in [-0.39, 0.29) is 0 Å². The van der Waals surface area contributed by atoms with Crippen LogP contribution in [0.2, 0.25) is 0 Å². The predicted octanol–water partition coefficient (Wildman–Crippen LogP) is 0.000900. The summed E-state index contributed by atoms with van der Waals surface area (Å²) in [5.41, 5.74) is -1.44. The van der Waals surface area contributed by atoms with Gasteiger partial charge in [0.05, 0.1) is 6.61 Å². The third kappa shape index (κ3) is 2.48. The lowest BCUT2D eigenvalue weighted by molar-refractivity contribution is -0.154. The van der Waals surface area contributed by atoms with Crippen molar-refractivity contribution in [3.63, 3.8) is 0 Å². The fourth-order valence-corrected chi connectivity index (χ4v) is 2.39. The smallest absolute Gasteiger partial charge is 0.336 e. The molecule has 1 aromatic heterocycles. The van der Waals surface area contributed by atoms with Crippen molar-refractivity contribution in [2.75, 3.05) is 6.61 Å². The van der Waals surface area contributed by atoms with E-state index in [4.69, 9.17) is 13.9 Å². The number of hydrogen-bond donors (Lipinski definition) is 3. The maximum atomic E-state index is 11.2. The van der Waals surface area contributed by atoms with Crippen LogP contribution in [0.25, 0.3) is 11.0 Å². The Morgan fingerprint density at radius 2 is 2.00 bits per heavy atom. The van der Waals surface area contributed by atoms with Gasteiger partial charge in [-0.3, -0.25) is 0 Å². The van der Waals surface area contributed by atoms with Gasteiger partial charge in [-0.05, 0) is 25.1 Å². The minimum Gasteiger partial charge on any atom is -0.462 e. The van der Waals surface area contributed by atoms with Crippen molar-refractivity contribution in [2.45, 2.75) is 31.0 Å². The molecule has 1 unspecified atom stereocenters. The number of aliphatic hydroxyl groups is 3. The molecule has 0 amide bonds. The zero-order valence-electron chi connectivity index (χ0n) is 11.8. The van der Waals surface area contributed by atoms with E-state index in [1.54, 1.807) is 18.2 Å². The molecule has 2 aromatic rings. The second kappa shape index (κ2) is 5.36. The summed E-state index contributed by atoms with van der Waals surface area (Å²) in [5, 5.41) is 29.8. The molecular weight excluding hydrogens is 292 g/mol. The third-order valence-corrected chi connectivity index (χ3v) is 3.77. The predicted molar refractivity (Wildman–Crippen MR) is 75.5 cm³/mol. The standard InChI is InChI=1S/C15H16O7/c1-15(7-16)13(19)12(18)14(22-15)20-9-4-2-8-3-5-11(17)21-10(8)6-9/h2-6,12-14,16,18-19H,7H2,1H3/t12-,13-,14?,15+/m0/s1. The van der Waals surface area contributed by atoms with E-state index in [1.807, 2.05) is 0 Å². The Bertz CT molecular complexity index is 740. The molecule has 3 rings (SSSR count).